The van der Waals surface area contributed by atoms with Gasteiger partial charge >= 0.3 is 0 Å². The van der Waals surface area contributed by atoms with Gasteiger partial charge in [0.05, 0.1) is 65.7 Å². The SMILES string of the molecule is COc1ccc([Si](C)(C)[C@@H]2[C@@H](CC(=O)N3CCC[C@H]3CO)O[C@]3(C(=O)N(Cc4cccc(NC(=O)[C@H]5CCCN5)c4)c4ccc(OC)cc43)[C@H]2C)cc1. The highest BCUT2D eigenvalue weighted by atomic mass is 28.3. The molecule has 4 heterocycles. The van der Waals surface area contributed by atoms with E-state index in [1.54, 1.807) is 24.0 Å². The first-order chi connectivity index (χ1) is 25.5. The fourth-order valence-corrected chi connectivity index (χ4v) is 13.5. The molecule has 0 unspecified atom stereocenters. The maximum Gasteiger partial charge on any atom is 0.264 e. The zero-order valence-electron chi connectivity index (χ0n) is 31.4. The van der Waals surface area contributed by atoms with Gasteiger partial charge in [0.15, 0.2) is 5.60 Å². The summed E-state index contributed by atoms with van der Waals surface area (Å²) in [5, 5.41) is 17.5. The van der Waals surface area contributed by atoms with E-state index in [4.69, 9.17) is 14.2 Å². The number of aliphatic hydroxyl groups is 1. The highest BCUT2D eigenvalue weighted by molar-refractivity contribution is 6.91. The minimum Gasteiger partial charge on any atom is -0.497 e. The van der Waals surface area contributed by atoms with Crippen molar-refractivity contribution in [3.63, 3.8) is 0 Å². The Hall–Kier alpha value is -4.23. The fourth-order valence-electron chi connectivity index (χ4n) is 9.49. The summed E-state index contributed by atoms with van der Waals surface area (Å²) in [6.07, 6.45) is 2.96. The van der Waals surface area contributed by atoms with Gasteiger partial charge in [-0.1, -0.05) is 49.5 Å². The number of benzene rings is 3. The molecule has 11 nitrogen and oxygen atoms in total. The Morgan fingerprint density at radius 1 is 1.02 bits per heavy atom. The maximum absolute atomic E-state index is 15.3. The predicted octanol–water partition coefficient (Wildman–Crippen LogP) is 4.53. The molecule has 3 fully saturated rings. The number of aliphatic hydroxyl groups excluding tert-OH is 1. The summed E-state index contributed by atoms with van der Waals surface area (Å²) >= 11 is 0. The van der Waals surface area contributed by atoms with Crippen LogP contribution in [0, 0.1) is 5.92 Å². The van der Waals surface area contributed by atoms with E-state index in [-0.39, 0.29) is 60.8 Å². The van der Waals surface area contributed by atoms with E-state index in [2.05, 4.69) is 42.8 Å². The van der Waals surface area contributed by atoms with Crippen LogP contribution in [-0.2, 0) is 31.3 Å². The molecule has 0 aliphatic carbocycles. The number of nitrogens with one attached hydrogen (secondary N) is 2. The van der Waals surface area contributed by atoms with Crippen molar-refractivity contribution in [2.24, 2.45) is 5.92 Å². The van der Waals surface area contributed by atoms with E-state index in [9.17, 15) is 14.7 Å². The van der Waals surface area contributed by atoms with Crippen LogP contribution in [0.4, 0.5) is 11.4 Å². The van der Waals surface area contributed by atoms with Crippen molar-refractivity contribution in [2.75, 3.05) is 44.1 Å². The number of hydrogen-bond donors (Lipinski definition) is 3. The van der Waals surface area contributed by atoms with Crippen molar-refractivity contribution in [3.8, 4) is 11.5 Å². The summed E-state index contributed by atoms with van der Waals surface area (Å²) in [6.45, 7) is 8.33. The van der Waals surface area contributed by atoms with Gasteiger partial charge in [0, 0.05) is 23.7 Å². The quantitative estimate of drug-likeness (QED) is 0.245. The number of nitrogens with zero attached hydrogens (tertiary/aromatic N) is 2. The second-order valence-electron chi connectivity index (χ2n) is 15.5. The smallest absolute Gasteiger partial charge is 0.264 e. The topological polar surface area (TPSA) is 130 Å². The average molecular weight is 741 g/mol. The zero-order chi connectivity index (χ0) is 37.5. The highest BCUT2D eigenvalue weighted by Gasteiger charge is 2.66. The number of amides is 3. The van der Waals surface area contributed by atoms with Crippen LogP contribution in [0.1, 0.15) is 50.2 Å². The van der Waals surface area contributed by atoms with Crippen LogP contribution in [0.5, 0.6) is 11.5 Å². The molecule has 6 atom stereocenters. The number of methoxy groups -OCH3 is 2. The lowest BCUT2D eigenvalue weighted by Gasteiger charge is -2.37. The molecule has 12 heteroatoms. The van der Waals surface area contributed by atoms with Gasteiger partial charge in [0.25, 0.3) is 5.91 Å². The van der Waals surface area contributed by atoms with Gasteiger partial charge in [-0.15, -0.1) is 0 Å². The van der Waals surface area contributed by atoms with Crippen LogP contribution in [0.2, 0.25) is 18.6 Å². The third kappa shape index (κ3) is 6.64. The molecule has 4 aliphatic rings. The van der Waals surface area contributed by atoms with Gasteiger partial charge in [-0.25, -0.2) is 0 Å². The molecule has 1 spiro atoms. The summed E-state index contributed by atoms with van der Waals surface area (Å²) < 4.78 is 18.4. The lowest BCUT2D eigenvalue weighted by atomic mass is 9.82. The van der Waals surface area contributed by atoms with Gasteiger partial charge in [-0.3, -0.25) is 14.4 Å². The third-order valence-electron chi connectivity index (χ3n) is 12.2. The Bertz CT molecular complexity index is 1850. The molecule has 3 aromatic carbocycles. The summed E-state index contributed by atoms with van der Waals surface area (Å²) in [4.78, 5) is 45.9. The molecule has 282 valence electrons. The van der Waals surface area contributed by atoms with Crippen molar-refractivity contribution in [2.45, 2.75) is 88.0 Å². The first kappa shape index (κ1) is 37.1. The molecular formula is C41H52N4O7Si. The molecule has 4 aliphatic heterocycles. The average Bonchev–Trinajstić information content (AvgIpc) is 3.97. The minimum atomic E-state index is -2.48. The van der Waals surface area contributed by atoms with Crippen molar-refractivity contribution < 1.29 is 33.7 Å². The van der Waals surface area contributed by atoms with E-state index in [0.717, 1.165) is 54.8 Å². The lowest BCUT2D eigenvalue weighted by Crippen LogP contribution is -2.52. The molecule has 3 amide bonds. The predicted molar refractivity (Wildman–Crippen MR) is 206 cm³/mol. The first-order valence-electron chi connectivity index (χ1n) is 18.9. The largest absolute Gasteiger partial charge is 0.497 e. The monoisotopic (exact) mass is 740 g/mol. The molecule has 0 aromatic heterocycles. The molecule has 0 radical (unpaired) electrons. The number of carbonyl (C=O) groups is 3. The number of carbonyl (C=O) groups excluding carboxylic acids is 3. The van der Waals surface area contributed by atoms with E-state index >= 15 is 4.79 Å². The number of ether oxygens (including phenoxy) is 3. The number of rotatable bonds is 11. The van der Waals surface area contributed by atoms with Crippen LogP contribution >= 0.6 is 0 Å². The molecule has 0 saturated carbocycles. The van der Waals surface area contributed by atoms with E-state index in [1.807, 2.05) is 54.6 Å². The number of fused-ring (bicyclic) bond motifs is 2. The molecule has 3 N–H and O–H groups in total. The molecule has 53 heavy (non-hydrogen) atoms. The molecule has 7 rings (SSSR count). The van der Waals surface area contributed by atoms with Crippen LogP contribution in [0.15, 0.2) is 66.7 Å². The molecular weight excluding hydrogens is 689 g/mol. The summed E-state index contributed by atoms with van der Waals surface area (Å²) in [5.41, 5.74) is 1.53. The van der Waals surface area contributed by atoms with Crippen molar-refractivity contribution >= 4 is 42.4 Å². The Balaban J connectivity index is 1.26. The van der Waals surface area contributed by atoms with Gasteiger partial charge in [-0.2, -0.15) is 0 Å². The second kappa shape index (κ2) is 14.9. The molecule has 3 saturated heterocycles. The maximum atomic E-state index is 15.3. The summed E-state index contributed by atoms with van der Waals surface area (Å²) in [5.74, 6) is 0.791. The van der Waals surface area contributed by atoms with Gasteiger partial charge in [-0.05, 0) is 85.8 Å². The van der Waals surface area contributed by atoms with Gasteiger partial charge in [0.2, 0.25) is 11.8 Å². The minimum absolute atomic E-state index is 0.0554. The van der Waals surface area contributed by atoms with Crippen molar-refractivity contribution in [3.05, 3.63) is 77.9 Å². The zero-order valence-corrected chi connectivity index (χ0v) is 32.4. The number of hydrogen-bond acceptors (Lipinski definition) is 8. The summed E-state index contributed by atoms with van der Waals surface area (Å²) in [7, 11) is 0.777. The van der Waals surface area contributed by atoms with Crippen molar-refractivity contribution in [1.29, 1.82) is 0 Å². The van der Waals surface area contributed by atoms with Gasteiger partial charge < -0.3 is 39.8 Å². The molecule has 0 bridgehead atoms. The third-order valence-corrected chi connectivity index (χ3v) is 16.6. The lowest BCUT2D eigenvalue weighted by molar-refractivity contribution is -0.150. The second-order valence-corrected chi connectivity index (χ2v) is 20.2. The summed E-state index contributed by atoms with van der Waals surface area (Å²) in [6, 6.07) is 21.1. The Kier molecular flexibility index (Phi) is 10.4. The van der Waals surface area contributed by atoms with Crippen molar-refractivity contribution in [1.82, 2.24) is 10.2 Å². The Labute approximate surface area is 313 Å². The first-order valence-corrected chi connectivity index (χ1v) is 22.0. The van der Waals surface area contributed by atoms with Crippen LogP contribution < -0.4 is 30.2 Å². The van der Waals surface area contributed by atoms with Crippen LogP contribution in [-0.4, -0.2) is 87.9 Å². The fraction of sp³-hybridized carbons (Fsp3) is 0.488. The van der Waals surface area contributed by atoms with Crippen LogP contribution in [0.25, 0.3) is 0 Å². The Morgan fingerprint density at radius 2 is 1.77 bits per heavy atom. The van der Waals surface area contributed by atoms with Crippen LogP contribution in [0.3, 0.4) is 0 Å². The number of anilines is 2. The van der Waals surface area contributed by atoms with E-state index in [1.165, 1.54) is 5.19 Å². The standard InChI is InChI=1S/C41H52N4O7Si/c1-26-38(53(4,5)32-16-13-30(50-2)14-17-32)36(23-37(47)44-20-8-11-29(44)25-46)52-41(26)33-22-31(51-3)15-18-35(33)45(40(41)49)24-27-9-6-10-28(21-27)43-39(48)34-12-7-19-42-34/h6,9-10,13-18,21-22,26,29,34,36,38,42,46H,7-8,11-12,19-20,23-25H2,1-5H3,(H,43,48)/t26-,29-,34+,36+,38-,41+/m0/s1. The Morgan fingerprint density at radius 3 is 2.47 bits per heavy atom. The molecule has 3 aromatic rings. The number of likely N-dealkylation sites (tertiary alicyclic amines) is 1. The van der Waals surface area contributed by atoms with Gasteiger partial charge in [0.1, 0.15) is 11.5 Å². The normalized spacial score (nSPS) is 26.7. The van der Waals surface area contributed by atoms with E-state index in [0.29, 0.717) is 18.0 Å². The van der Waals surface area contributed by atoms with E-state index < -0.39 is 19.8 Å². The highest BCUT2D eigenvalue weighted by Crippen LogP contribution is 2.60.